The van der Waals surface area contributed by atoms with Crippen molar-refractivity contribution in [2.24, 2.45) is 0 Å². The summed E-state index contributed by atoms with van der Waals surface area (Å²) in [6.07, 6.45) is 4.18. The fourth-order valence-corrected chi connectivity index (χ4v) is 4.21. The Kier molecular flexibility index (Phi) is 6.46. The molecule has 146 valence electrons. The second kappa shape index (κ2) is 9.01. The topological polar surface area (TPSA) is 90.9 Å². The van der Waals surface area contributed by atoms with Crippen LogP contribution in [0.15, 0.2) is 42.7 Å². The monoisotopic (exact) mass is 393 g/mol. The summed E-state index contributed by atoms with van der Waals surface area (Å²) in [5.74, 6) is 1.14. The zero-order valence-electron chi connectivity index (χ0n) is 15.2. The zero-order chi connectivity index (χ0) is 19.1. The van der Waals surface area contributed by atoms with E-state index in [1.54, 1.807) is 12.1 Å². The summed E-state index contributed by atoms with van der Waals surface area (Å²) in [6.45, 7) is 0.852. The van der Waals surface area contributed by atoms with Gasteiger partial charge >= 0.3 is 0 Å². The van der Waals surface area contributed by atoms with Crippen molar-refractivity contribution >= 4 is 10.0 Å². The summed E-state index contributed by atoms with van der Waals surface area (Å²) in [5, 5.41) is 0. The highest BCUT2D eigenvalue weighted by atomic mass is 32.2. The molecule has 1 unspecified atom stereocenters. The number of methoxy groups -OCH3 is 1. The number of ether oxygens (including phenoxy) is 3. The molecular formula is C18H23N3O5S. The van der Waals surface area contributed by atoms with E-state index in [4.69, 9.17) is 14.2 Å². The minimum Gasteiger partial charge on any atom is -0.492 e. The SMILES string of the molecule is COc1nccnc1OC1CCCN(S(=O)(=O)CCOc2ccccc2)C1. The van der Waals surface area contributed by atoms with Gasteiger partial charge in [-0.3, -0.25) is 0 Å². The Morgan fingerprint density at radius 2 is 1.89 bits per heavy atom. The molecule has 8 nitrogen and oxygen atoms in total. The van der Waals surface area contributed by atoms with E-state index in [9.17, 15) is 8.42 Å². The normalized spacial score (nSPS) is 18.0. The Bertz CT molecular complexity index is 832. The lowest BCUT2D eigenvalue weighted by Crippen LogP contribution is -2.45. The lowest BCUT2D eigenvalue weighted by molar-refractivity contribution is 0.119. The van der Waals surface area contributed by atoms with Crippen molar-refractivity contribution in [3.63, 3.8) is 0 Å². The Balaban J connectivity index is 1.56. The van der Waals surface area contributed by atoms with Gasteiger partial charge in [0, 0.05) is 18.9 Å². The van der Waals surface area contributed by atoms with Gasteiger partial charge in [0.1, 0.15) is 18.5 Å². The minimum atomic E-state index is -3.43. The van der Waals surface area contributed by atoms with E-state index in [1.807, 2.05) is 18.2 Å². The van der Waals surface area contributed by atoms with Crippen molar-refractivity contribution in [1.29, 1.82) is 0 Å². The highest BCUT2D eigenvalue weighted by molar-refractivity contribution is 7.89. The largest absolute Gasteiger partial charge is 0.492 e. The first-order valence-corrected chi connectivity index (χ1v) is 10.4. The molecule has 0 radical (unpaired) electrons. The summed E-state index contributed by atoms with van der Waals surface area (Å²) in [6, 6.07) is 9.16. The Hall–Kier alpha value is -2.39. The van der Waals surface area contributed by atoms with Gasteiger partial charge in [-0.05, 0) is 25.0 Å². The van der Waals surface area contributed by atoms with Crippen LogP contribution >= 0.6 is 0 Å². The fourth-order valence-electron chi connectivity index (χ4n) is 2.86. The number of nitrogens with zero attached hydrogens (tertiary/aromatic N) is 3. The van der Waals surface area contributed by atoms with Crippen LogP contribution in [0.4, 0.5) is 0 Å². The van der Waals surface area contributed by atoms with Gasteiger partial charge in [0.05, 0.1) is 19.4 Å². The number of aromatic nitrogens is 2. The van der Waals surface area contributed by atoms with Crippen LogP contribution in [-0.4, -0.2) is 61.4 Å². The number of piperidine rings is 1. The number of rotatable bonds is 8. The van der Waals surface area contributed by atoms with Gasteiger partial charge in [-0.2, -0.15) is 4.31 Å². The number of para-hydroxylation sites is 1. The Labute approximate surface area is 159 Å². The van der Waals surface area contributed by atoms with Crippen LogP contribution in [0.5, 0.6) is 17.5 Å². The van der Waals surface area contributed by atoms with Gasteiger partial charge in [0.15, 0.2) is 0 Å². The molecule has 0 spiro atoms. The van der Waals surface area contributed by atoms with Gasteiger partial charge in [0.25, 0.3) is 11.8 Å². The second-order valence-electron chi connectivity index (χ2n) is 6.09. The maximum Gasteiger partial charge on any atom is 0.278 e. The second-order valence-corrected chi connectivity index (χ2v) is 8.18. The highest BCUT2D eigenvalue weighted by Gasteiger charge is 2.30. The molecule has 9 heteroatoms. The third-order valence-electron chi connectivity index (χ3n) is 4.19. The molecule has 1 aliphatic heterocycles. The Morgan fingerprint density at radius 3 is 2.63 bits per heavy atom. The van der Waals surface area contributed by atoms with Crippen LogP contribution in [0, 0.1) is 0 Å². The van der Waals surface area contributed by atoms with E-state index in [-0.39, 0.29) is 36.8 Å². The van der Waals surface area contributed by atoms with Crippen LogP contribution in [0.3, 0.4) is 0 Å². The minimum absolute atomic E-state index is 0.0803. The first-order valence-electron chi connectivity index (χ1n) is 8.76. The van der Waals surface area contributed by atoms with Crippen LogP contribution < -0.4 is 14.2 Å². The third-order valence-corrected chi connectivity index (χ3v) is 5.99. The summed E-state index contributed by atoms with van der Waals surface area (Å²) >= 11 is 0. The molecule has 1 fully saturated rings. The molecule has 1 aromatic heterocycles. The smallest absolute Gasteiger partial charge is 0.278 e. The average molecular weight is 393 g/mol. The molecular weight excluding hydrogens is 370 g/mol. The number of hydrogen-bond donors (Lipinski definition) is 0. The first-order chi connectivity index (χ1) is 13.1. The van der Waals surface area contributed by atoms with Crippen molar-refractivity contribution < 1.29 is 22.6 Å². The fraction of sp³-hybridized carbons (Fsp3) is 0.444. The van der Waals surface area contributed by atoms with E-state index in [0.717, 1.165) is 6.42 Å². The van der Waals surface area contributed by atoms with Crippen molar-refractivity contribution in [3.8, 4) is 17.5 Å². The van der Waals surface area contributed by atoms with E-state index in [2.05, 4.69) is 9.97 Å². The molecule has 3 rings (SSSR count). The number of sulfonamides is 1. The highest BCUT2D eigenvalue weighted by Crippen LogP contribution is 2.24. The maximum atomic E-state index is 12.6. The molecule has 27 heavy (non-hydrogen) atoms. The van der Waals surface area contributed by atoms with Crippen molar-refractivity contribution in [1.82, 2.24) is 14.3 Å². The summed E-state index contributed by atoms with van der Waals surface area (Å²) in [7, 11) is -1.95. The van der Waals surface area contributed by atoms with Gasteiger partial charge in [-0.15, -0.1) is 0 Å². The molecule has 0 N–H and O–H groups in total. The van der Waals surface area contributed by atoms with E-state index < -0.39 is 10.0 Å². The molecule has 2 heterocycles. The van der Waals surface area contributed by atoms with Gasteiger partial charge in [-0.25, -0.2) is 18.4 Å². The molecule has 1 aliphatic rings. The number of hydrogen-bond acceptors (Lipinski definition) is 7. The zero-order valence-corrected chi connectivity index (χ0v) is 16.0. The molecule has 0 saturated carbocycles. The van der Waals surface area contributed by atoms with Crippen molar-refractivity contribution in [3.05, 3.63) is 42.7 Å². The summed E-state index contributed by atoms with van der Waals surface area (Å²) < 4.78 is 43.2. The lowest BCUT2D eigenvalue weighted by Gasteiger charge is -2.31. The van der Waals surface area contributed by atoms with E-state index >= 15 is 0 Å². The predicted molar refractivity (Wildman–Crippen MR) is 99.5 cm³/mol. The van der Waals surface area contributed by atoms with Crippen LogP contribution in [0.2, 0.25) is 0 Å². The molecule has 1 aromatic carbocycles. The molecule has 0 aliphatic carbocycles. The molecule has 2 aromatic rings. The Morgan fingerprint density at radius 1 is 1.15 bits per heavy atom. The lowest BCUT2D eigenvalue weighted by atomic mass is 10.1. The van der Waals surface area contributed by atoms with E-state index in [1.165, 1.54) is 23.8 Å². The van der Waals surface area contributed by atoms with Gasteiger partial charge in [-0.1, -0.05) is 18.2 Å². The average Bonchev–Trinajstić information content (AvgIpc) is 2.69. The van der Waals surface area contributed by atoms with Crippen LogP contribution in [-0.2, 0) is 10.0 Å². The summed E-state index contributed by atoms with van der Waals surface area (Å²) in [5.41, 5.74) is 0. The predicted octanol–water partition coefficient (Wildman–Crippen LogP) is 1.74. The third kappa shape index (κ3) is 5.30. The standard InChI is InChI=1S/C18H23N3O5S/c1-24-17-18(20-10-9-19-17)26-16-8-5-11-21(14-16)27(22,23)13-12-25-15-6-3-2-4-7-15/h2-4,6-7,9-10,16H,5,8,11-14H2,1H3. The molecule has 1 atom stereocenters. The summed E-state index contributed by atoms with van der Waals surface area (Å²) in [4.78, 5) is 8.16. The van der Waals surface area contributed by atoms with Gasteiger partial charge in [0.2, 0.25) is 10.0 Å². The maximum absolute atomic E-state index is 12.6. The van der Waals surface area contributed by atoms with E-state index in [0.29, 0.717) is 18.7 Å². The molecule has 0 amide bonds. The van der Waals surface area contributed by atoms with Gasteiger partial charge < -0.3 is 14.2 Å². The van der Waals surface area contributed by atoms with Crippen LogP contribution in [0.25, 0.3) is 0 Å². The first kappa shape index (κ1) is 19.4. The number of benzene rings is 1. The quantitative estimate of drug-likeness (QED) is 0.675. The molecule has 0 bridgehead atoms. The van der Waals surface area contributed by atoms with Crippen molar-refractivity contribution in [2.75, 3.05) is 32.6 Å². The van der Waals surface area contributed by atoms with Crippen molar-refractivity contribution in [2.45, 2.75) is 18.9 Å². The van der Waals surface area contributed by atoms with Crippen LogP contribution in [0.1, 0.15) is 12.8 Å². The molecule has 1 saturated heterocycles.